The van der Waals surface area contributed by atoms with Gasteiger partial charge in [-0.15, -0.1) is 12.1 Å². The minimum atomic E-state index is -1.37. The molecule has 0 saturated carbocycles. The van der Waals surface area contributed by atoms with Gasteiger partial charge >= 0.3 is 0 Å². The molecule has 0 aliphatic carbocycles. The highest BCUT2D eigenvalue weighted by molar-refractivity contribution is 6.83. The molecule has 72 valence electrons. The van der Waals surface area contributed by atoms with Crippen molar-refractivity contribution in [1.82, 2.24) is 0 Å². The lowest BCUT2D eigenvalue weighted by molar-refractivity contribution is -0.131. The third kappa shape index (κ3) is 7.35. The standard InChI is InChI=1S/C10H16O2Si/c1-5-6-10(12-9-11)7-8-13(2,3)4/h5,9-10H,1,6H2,2-4H3. The van der Waals surface area contributed by atoms with Gasteiger partial charge in [0.15, 0.2) is 6.10 Å². The largest absolute Gasteiger partial charge is 0.451 e. The molecule has 0 saturated heterocycles. The first-order valence-electron chi connectivity index (χ1n) is 4.22. The van der Waals surface area contributed by atoms with Gasteiger partial charge in [-0.05, 0) is 0 Å². The molecule has 13 heavy (non-hydrogen) atoms. The quantitative estimate of drug-likeness (QED) is 0.297. The highest BCUT2D eigenvalue weighted by Gasteiger charge is 2.09. The number of hydrogen-bond acceptors (Lipinski definition) is 2. The fourth-order valence-corrected chi connectivity index (χ4v) is 1.26. The molecule has 0 N–H and O–H groups in total. The second-order valence-corrected chi connectivity index (χ2v) is 8.51. The maximum Gasteiger partial charge on any atom is 0.294 e. The van der Waals surface area contributed by atoms with E-state index < -0.39 is 8.07 Å². The molecule has 2 nitrogen and oxygen atoms in total. The highest BCUT2D eigenvalue weighted by Crippen LogP contribution is 2.00. The van der Waals surface area contributed by atoms with Gasteiger partial charge in [0.05, 0.1) is 0 Å². The Labute approximate surface area is 81.0 Å². The summed E-state index contributed by atoms with van der Waals surface area (Å²) in [6.07, 6.45) is 1.98. The van der Waals surface area contributed by atoms with Crippen LogP contribution in [0.3, 0.4) is 0 Å². The van der Waals surface area contributed by atoms with Crippen LogP contribution >= 0.6 is 0 Å². The third-order valence-corrected chi connectivity index (χ3v) is 2.10. The van der Waals surface area contributed by atoms with Crippen LogP contribution in [0, 0.1) is 11.5 Å². The third-order valence-electron chi connectivity index (χ3n) is 1.21. The van der Waals surface area contributed by atoms with Crippen molar-refractivity contribution in [2.45, 2.75) is 32.2 Å². The van der Waals surface area contributed by atoms with Gasteiger partial charge in [-0.3, -0.25) is 4.79 Å². The fourth-order valence-electron chi connectivity index (χ4n) is 0.664. The first-order valence-corrected chi connectivity index (χ1v) is 7.72. The van der Waals surface area contributed by atoms with Crippen LogP contribution in [-0.4, -0.2) is 20.7 Å². The van der Waals surface area contributed by atoms with Crippen LogP contribution in [0.15, 0.2) is 12.7 Å². The van der Waals surface area contributed by atoms with Gasteiger partial charge < -0.3 is 4.74 Å². The maximum absolute atomic E-state index is 10.1. The Bertz CT molecular complexity index is 220. The summed E-state index contributed by atoms with van der Waals surface area (Å²) in [5.41, 5.74) is 3.15. The van der Waals surface area contributed by atoms with E-state index in [2.05, 4.69) is 37.7 Å². The Hall–Kier alpha value is -1.01. The lowest BCUT2D eigenvalue weighted by Gasteiger charge is -2.07. The molecule has 0 aromatic rings. The zero-order chi connectivity index (χ0) is 10.3. The molecule has 3 heteroatoms. The van der Waals surface area contributed by atoms with Gasteiger partial charge in [0.1, 0.15) is 8.07 Å². The van der Waals surface area contributed by atoms with E-state index in [1.807, 2.05) is 0 Å². The van der Waals surface area contributed by atoms with Crippen LogP contribution in [0.5, 0.6) is 0 Å². The van der Waals surface area contributed by atoms with Crippen molar-refractivity contribution in [1.29, 1.82) is 0 Å². The lowest BCUT2D eigenvalue weighted by atomic mass is 10.3. The Balaban J connectivity index is 4.27. The number of ether oxygens (including phenoxy) is 1. The van der Waals surface area contributed by atoms with Crippen molar-refractivity contribution in [3.05, 3.63) is 12.7 Å². The molecule has 0 aromatic heterocycles. The first-order chi connectivity index (χ1) is 5.99. The average molecular weight is 196 g/mol. The molecule has 0 fully saturated rings. The van der Waals surface area contributed by atoms with Crippen LogP contribution in [0.25, 0.3) is 0 Å². The van der Waals surface area contributed by atoms with E-state index in [-0.39, 0.29) is 6.10 Å². The van der Waals surface area contributed by atoms with E-state index in [1.54, 1.807) is 6.08 Å². The van der Waals surface area contributed by atoms with Crippen molar-refractivity contribution in [3.8, 4) is 11.5 Å². The summed E-state index contributed by atoms with van der Waals surface area (Å²) in [6, 6.07) is 0. The average Bonchev–Trinajstić information content (AvgIpc) is 2.00. The van der Waals surface area contributed by atoms with E-state index in [0.717, 1.165) is 0 Å². The predicted octanol–water partition coefficient (Wildman–Crippen LogP) is 1.98. The van der Waals surface area contributed by atoms with Crippen molar-refractivity contribution >= 4 is 14.5 Å². The van der Waals surface area contributed by atoms with Crippen molar-refractivity contribution in [2.75, 3.05) is 0 Å². The summed E-state index contributed by atoms with van der Waals surface area (Å²) in [7, 11) is -1.37. The molecule has 1 unspecified atom stereocenters. The fraction of sp³-hybridized carbons (Fsp3) is 0.500. The molecule has 0 amide bonds. The summed E-state index contributed by atoms with van der Waals surface area (Å²) in [6.45, 7) is 10.4. The molecule has 0 spiro atoms. The van der Waals surface area contributed by atoms with Crippen LogP contribution in [-0.2, 0) is 9.53 Å². The van der Waals surface area contributed by atoms with Gasteiger partial charge in [-0.2, -0.15) is 0 Å². The normalized spacial score (nSPS) is 12.2. The predicted molar refractivity (Wildman–Crippen MR) is 56.9 cm³/mol. The van der Waals surface area contributed by atoms with Crippen LogP contribution in [0.4, 0.5) is 0 Å². The van der Waals surface area contributed by atoms with Gasteiger partial charge in [0.2, 0.25) is 0 Å². The van der Waals surface area contributed by atoms with Crippen LogP contribution in [0.1, 0.15) is 6.42 Å². The zero-order valence-corrected chi connectivity index (χ0v) is 9.46. The molecule has 0 aromatic carbocycles. The SMILES string of the molecule is C=CCC(C#C[Si](C)(C)C)OC=O. The molecule has 0 bridgehead atoms. The van der Waals surface area contributed by atoms with Gasteiger partial charge in [-0.25, -0.2) is 0 Å². The Morgan fingerprint density at radius 1 is 1.54 bits per heavy atom. The minimum Gasteiger partial charge on any atom is -0.451 e. The monoisotopic (exact) mass is 196 g/mol. The lowest BCUT2D eigenvalue weighted by Crippen LogP contribution is -2.18. The van der Waals surface area contributed by atoms with E-state index >= 15 is 0 Å². The molecule has 1 atom stereocenters. The van der Waals surface area contributed by atoms with Crippen molar-refractivity contribution in [3.63, 3.8) is 0 Å². The zero-order valence-electron chi connectivity index (χ0n) is 8.46. The number of hydrogen-bond donors (Lipinski definition) is 0. The topological polar surface area (TPSA) is 26.3 Å². The minimum absolute atomic E-state index is 0.318. The highest BCUT2D eigenvalue weighted by atomic mass is 28.3. The van der Waals surface area contributed by atoms with Gasteiger partial charge in [0.25, 0.3) is 6.47 Å². The molecular formula is C10H16O2Si. The Kier molecular flexibility index (Phi) is 5.16. The Morgan fingerprint density at radius 2 is 2.15 bits per heavy atom. The second-order valence-electron chi connectivity index (χ2n) is 3.76. The van der Waals surface area contributed by atoms with Crippen LogP contribution in [0.2, 0.25) is 19.6 Å². The summed E-state index contributed by atoms with van der Waals surface area (Å²) < 4.78 is 4.77. The molecular weight excluding hydrogens is 180 g/mol. The number of carbonyl (C=O) groups excluding carboxylic acids is 1. The molecule has 0 heterocycles. The number of carbonyl (C=O) groups is 1. The Morgan fingerprint density at radius 3 is 2.54 bits per heavy atom. The molecule has 0 aliphatic heterocycles. The van der Waals surface area contributed by atoms with Gasteiger partial charge in [-0.1, -0.05) is 31.6 Å². The van der Waals surface area contributed by atoms with E-state index in [9.17, 15) is 4.79 Å². The number of rotatable bonds is 4. The van der Waals surface area contributed by atoms with Crippen molar-refractivity contribution in [2.24, 2.45) is 0 Å². The first kappa shape index (κ1) is 12.0. The smallest absolute Gasteiger partial charge is 0.294 e. The molecule has 0 radical (unpaired) electrons. The molecule has 0 rings (SSSR count). The van der Waals surface area contributed by atoms with E-state index in [4.69, 9.17) is 4.74 Å². The summed E-state index contributed by atoms with van der Waals surface area (Å²) in [5.74, 6) is 2.95. The summed E-state index contributed by atoms with van der Waals surface area (Å²) in [5, 5.41) is 0. The van der Waals surface area contributed by atoms with E-state index in [0.29, 0.717) is 12.9 Å². The summed E-state index contributed by atoms with van der Waals surface area (Å²) >= 11 is 0. The van der Waals surface area contributed by atoms with Gasteiger partial charge in [0, 0.05) is 6.42 Å². The molecule has 0 aliphatic rings. The van der Waals surface area contributed by atoms with Crippen molar-refractivity contribution < 1.29 is 9.53 Å². The van der Waals surface area contributed by atoms with E-state index in [1.165, 1.54) is 0 Å². The van der Waals surface area contributed by atoms with Crippen LogP contribution < -0.4 is 0 Å². The second kappa shape index (κ2) is 5.60. The summed E-state index contributed by atoms with van der Waals surface area (Å²) in [4.78, 5) is 10.1. The maximum atomic E-state index is 10.1.